The molecule has 2 rings (SSSR count). The van der Waals surface area contributed by atoms with Crippen molar-refractivity contribution in [2.45, 2.75) is 12.3 Å². The molecule has 1 aromatic rings. The molecule has 1 aromatic carbocycles. The third kappa shape index (κ3) is 1.46. The van der Waals surface area contributed by atoms with Gasteiger partial charge >= 0.3 is 0 Å². The first-order valence-electron chi connectivity index (χ1n) is 4.57. The maximum atomic E-state index is 13.4. The maximum absolute atomic E-state index is 13.4. The van der Waals surface area contributed by atoms with E-state index in [1.54, 1.807) is 0 Å². The molecule has 0 aliphatic carbocycles. The molecular formula is C10H11F2NO. The minimum absolute atomic E-state index is 0.0431. The SMILES string of the molecule is Oc1c(F)ccc(C2CCNC2)c1F. The van der Waals surface area contributed by atoms with Gasteiger partial charge in [-0.15, -0.1) is 0 Å². The van der Waals surface area contributed by atoms with Crippen molar-refractivity contribution in [1.82, 2.24) is 5.32 Å². The molecule has 2 N–H and O–H groups in total. The molecule has 4 heteroatoms. The van der Waals surface area contributed by atoms with Crippen molar-refractivity contribution >= 4 is 0 Å². The zero-order valence-corrected chi connectivity index (χ0v) is 7.56. The van der Waals surface area contributed by atoms with E-state index in [1.807, 2.05) is 0 Å². The van der Waals surface area contributed by atoms with E-state index in [2.05, 4.69) is 5.32 Å². The van der Waals surface area contributed by atoms with Gasteiger partial charge in [0.25, 0.3) is 0 Å². The fourth-order valence-corrected chi connectivity index (χ4v) is 1.79. The van der Waals surface area contributed by atoms with Crippen molar-refractivity contribution in [2.24, 2.45) is 0 Å². The van der Waals surface area contributed by atoms with E-state index >= 15 is 0 Å². The Hall–Kier alpha value is -1.16. The van der Waals surface area contributed by atoms with Crippen LogP contribution >= 0.6 is 0 Å². The number of phenols is 1. The van der Waals surface area contributed by atoms with Crippen LogP contribution in [0, 0.1) is 11.6 Å². The summed E-state index contributed by atoms with van der Waals surface area (Å²) in [6, 6.07) is 2.51. The first-order valence-corrected chi connectivity index (χ1v) is 4.57. The molecule has 1 fully saturated rings. The van der Waals surface area contributed by atoms with Gasteiger partial charge in [-0.25, -0.2) is 8.78 Å². The molecule has 0 radical (unpaired) electrons. The van der Waals surface area contributed by atoms with E-state index in [4.69, 9.17) is 5.11 Å². The second kappa shape index (κ2) is 3.53. The monoisotopic (exact) mass is 199 g/mol. The molecule has 0 amide bonds. The van der Waals surface area contributed by atoms with E-state index in [0.29, 0.717) is 12.1 Å². The first kappa shape index (κ1) is 9.40. The highest BCUT2D eigenvalue weighted by molar-refractivity contribution is 5.34. The second-order valence-corrected chi connectivity index (χ2v) is 3.49. The Morgan fingerprint density at radius 3 is 2.79 bits per heavy atom. The normalized spacial score (nSPS) is 21.4. The van der Waals surface area contributed by atoms with Crippen molar-refractivity contribution < 1.29 is 13.9 Å². The molecule has 1 saturated heterocycles. The maximum Gasteiger partial charge on any atom is 0.188 e. The topological polar surface area (TPSA) is 32.3 Å². The fourth-order valence-electron chi connectivity index (χ4n) is 1.79. The molecule has 76 valence electrons. The summed E-state index contributed by atoms with van der Waals surface area (Å²) in [6.07, 6.45) is 0.821. The number of benzene rings is 1. The Labute approximate surface area is 80.6 Å². The molecule has 1 heterocycles. The van der Waals surface area contributed by atoms with Crippen molar-refractivity contribution in [2.75, 3.05) is 13.1 Å². The largest absolute Gasteiger partial charge is 0.503 e. The number of rotatable bonds is 1. The highest BCUT2D eigenvalue weighted by Gasteiger charge is 2.22. The van der Waals surface area contributed by atoms with Gasteiger partial charge in [0.15, 0.2) is 17.4 Å². The predicted octanol–water partition coefficient (Wildman–Crippen LogP) is 1.75. The summed E-state index contributed by atoms with van der Waals surface area (Å²) >= 11 is 0. The highest BCUT2D eigenvalue weighted by atomic mass is 19.1. The van der Waals surface area contributed by atoms with Crippen molar-refractivity contribution in [1.29, 1.82) is 0 Å². The van der Waals surface area contributed by atoms with Gasteiger partial charge in [-0.1, -0.05) is 6.07 Å². The fraction of sp³-hybridized carbons (Fsp3) is 0.400. The zero-order chi connectivity index (χ0) is 10.1. The van der Waals surface area contributed by atoms with Gasteiger partial charge in [0.2, 0.25) is 0 Å². The summed E-state index contributed by atoms with van der Waals surface area (Å²) in [5.74, 6) is -2.55. The van der Waals surface area contributed by atoms with E-state index in [0.717, 1.165) is 19.0 Å². The number of halogens is 2. The Morgan fingerprint density at radius 1 is 1.36 bits per heavy atom. The molecule has 1 aliphatic heterocycles. The summed E-state index contributed by atoms with van der Waals surface area (Å²) < 4.78 is 26.1. The lowest BCUT2D eigenvalue weighted by Gasteiger charge is -2.10. The highest BCUT2D eigenvalue weighted by Crippen LogP contribution is 2.30. The Kier molecular flexibility index (Phi) is 2.37. The Bertz CT molecular complexity index is 348. The number of nitrogens with one attached hydrogen (secondary N) is 1. The molecule has 1 aliphatic rings. The molecule has 0 spiro atoms. The van der Waals surface area contributed by atoms with Gasteiger partial charge in [0.1, 0.15) is 0 Å². The van der Waals surface area contributed by atoms with Crippen LogP contribution < -0.4 is 5.32 Å². The average molecular weight is 199 g/mol. The van der Waals surface area contributed by atoms with Gasteiger partial charge < -0.3 is 10.4 Å². The third-order valence-electron chi connectivity index (χ3n) is 2.60. The predicted molar refractivity (Wildman–Crippen MR) is 48.3 cm³/mol. The Balaban J connectivity index is 2.38. The lowest BCUT2D eigenvalue weighted by Crippen LogP contribution is -2.09. The van der Waals surface area contributed by atoms with Crippen LogP contribution in [0.4, 0.5) is 8.78 Å². The zero-order valence-electron chi connectivity index (χ0n) is 7.56. The van der Waals surface area contributed by atoms with E-state index < -0.39 is 17.4 Å². The van der Waals surface area contributed by atoms with Crippen molar-refractivity contribution in [3.05, 3.63) is 29.3 Å². The van der Waals surface area contributed by atoms with E-state index in [1.165, 1.54) is 6.07 Å². The third-order valence-corrected chi connectivity index (χ3v) is 2.60. The van der Waals surface area contributed by atoms with E-state index in [9.17, 15) is 8.78 Å². The second-order valence-electron chi connectivity index (χ2n) is 3.49. The van der Waals surface area contributed by atoms with Gasteiger partial charge in [-0.05, 0) is 24.6 Å². The van der Waals surface area contributed by atoms with Gasteiger partial charge in [-0.2, -0.15) is 0 Å². The van der Waals surface area contributed by atoms with Crippen LogP contribution in [0.5, 0.6) is 5.75 Å². The molecule has 0 bridgehead atoms. The molecule has 1 atom stereocenters. The van der Waals surface area contributed by atoms with Crippen LogP contribution in [0.3, 0.4) is 0 Å². The summed E-state index contributed by atoms with van der Waals surface area (Å²) in [4.78, 5) is 0. The number of hydrogen-bond acceptors (Lipinski definition) is 2. The molecule has 2 nitrogen and oxygen atoms in total. The first-order chi connectivity index (χ1) is 6.70. The lowest BCUT2D eigenvalue weighted by atomic mass is 9.97. The Morgan fingerprint density at radius 2 is 2.14 bits per heavy atom. The minimum Gasteiger partial charge on any atom is -0.503 e. The summed E-state index contributed by atoms with van der Waals surface area (Å²) in [5.41, 5.74) is 0.397. The van der Waals surface area contributed by atoms with Crippen LogP contribution in [0.15, 0.2) is 12.1 Å². The van der Waals surface area contributed by atoms with Gasteiger partial charge in [0, 0.05) is 12.5 Å². The van der Waals surface area contributed by atoms with Crippen molar-refractivity contribution in [3.8, 4) is 5.75 Å². The number of aromatic hydroxyl groups is 1. The number of phenolic OH excluding ortho intramolecular Hbond substituents is 1. The van der Waals surface area contributed by atoms with E-state index in [-0.39, 0.29) is 5.92 Å². The lowest BCUT2D eigenvalue weighted by molar-refractivity contribution is 0.391. The number of hydrogen-bond donors (Lipinski definition) is 2. The van der Waals surface area contributed by atoms with Crippen LogP contribution in [0.2, 0.25) is 0 Å². The molecule has 1 unspecified atom stereocenters. The molecule has 14 heavy (non-hydrogen) atoms. The minimum atomic E-state index is -0.905. The van der Waals surface area contributed by atoms with Gasteiger partial charge in [-0.3, -0.25) is 0 Å². The van der Waals surface area contributed by atoms with Crippen LogP contribution in [-0.2, 0) is 0 Å². The smallest absolute Gasteiger partial charge is 0.188 e. The van der Waals surface area contributed by atoms with Gasteiger partial charge in [0.05, 0.1) is 0 Å². The summed E-state index contributed by atoms with van der Waals surface area (Å²) in [6.45, 7) is 1.52. The summed E-state index contributed by atoms with van der Waals surface area (Å²) in [5, 5.41) is 12.2. The van der Waals surface area contributed by atoms with Crippen LogP contribution in [0.1, 0.15) is 17.9 Å². The van der Waals surface area contributed by atoms with Crippen LogP contribution in [-0.4, -0.2) is 18.2 Å². The molecule has 0 aromatic heterocycles. The molecular weight excluding hydrogens is 188 g/mol. The van der Waals surface area contributed by atoms with Crippen LogP contribution in [0.25, 0.3) is 0 Å². The summed E-state index contributed by atoms with van der Waals surface area (Å²) in [7, 11) is 0. The average Bonchev–Trinajstić information content (AvgIpc) is 2.67. The van der Waals surface area contributed by atoms with Crippen molar-refractivity contribution in [3.63, 3.8) is 0 Å². The standard InChI is InChI=1S/C10H11F2NO/c11-8-2-1-7(9(12)10(8)14)6-3-4-13-5-6/h1-2,6,13-14H,3-5H2. The molecule has 0 saturated carbocycles. The quantitative estimate of drug-likeness (QED) is 0.722.